The van der Waals surface area contributed by atoms with Crippen LogP contribution in [0.1, 0.15) is 50.4 Å². The second-order valence-corrected chi connectivity index (χ2v) is 9.72. The number of nitrogens with zero attached hydrogens (tertiary/aromatic N) is 1. The van der Waals surface area contributed by atoms with Crippen molar-refractivity contribution in [3.8, 4) is 11.3 Å². The van der Waals surface area contributed by atoms with E-state index in [4.69, 9.17) is 16.6 Å². The van der Waals surface area contributed by atoms with Crippen LogP contribution in [-0.4, -0.2) is 32.2 Å². The average Bonchev–Trinajstić information content (AvgIpc) is 3.33. The molecule has 1 saturated heterocycles. The predicted octanol–water partition coefficient (Wildman–Crippen LogP) is 5.74. The molecule has 1 aromatic carbocycles. The smallest absolute Gasteiger partial charge is 0.306 e. The van der Waals surface area contributed by atoms with Crippen LogP contribution in [0.25, 0.3) is 17.4 Å². The highest BCUT2D eigenvalue weighted by Crippen LogP contribution is 2.38. The Hall–Kier alpha value is -2.38. The number of amides is 1. The van der Waals surface area contributed by atoms with Crippen LogP contribution < -0.4 is 0 Å². The molecule has 1 aliphatic heterocycles. The normalized spacial score (nSPS) is 23.0. The fourth-order valence-electron chi connectivity index (χ4n) is 4.21. The maximum Gasteiger partial charge on any atom is 0.306 e. The fraction of sp³-hybridized carbons (Fsp3) is 0.375. The summed E-state index contributed by atoms with van der Waals surface area (Å²) in [5.74, 6) is 0.190. The number of carbonyl (C=O) groups is 2. The molecule has 2 aromatic rings. The molecule has 162 valence electrons. The van der Waals surface area contributed by atoms with E-state index >= 15 is 0 Å². The number of benzene rings is 1. The zero-order valence-corrected chi connectivity index (χ0v) is 19.0. The van der Waals surface area contributed by atoms with Crippen molar-refractivity contribution in [3.63, 3.8) is 0 Å². The molecule has 0 bridgehead atoms. The number of aryl methyl sites for hydroxylation is 1. The summed E-state index contributed by atoms with van der Waals surface area (Å²) in [4.78, 5) is 26.4. The van der Waals surface area contributed by atoms with Gasteiger partial charge in [-0.2, -0.15) is 0 Å². The van der Waals surface area contributed by atoms with Crippen molar-refractivity contribution >= 4 is 46.3 Å². The summed E-state index contributed by atoms with van der Waals surface area (Å²) in [5.41, 5.74) is 2.31. The van der Waals surface area contributed by atoms with Crippen LogP contribution in [0.5, 0.6) is 0 Å². The zero-order valence-electron chi connectivity index (χ0n) is 17.4. The molecular weight excluding hydrogens is 430 g/mol. The number of thiocarbonyl (C=S) groups is 1. The largest absolute Gasteiger partial charge is 0.481 e. The van der Waals surface area contributed by atoms with Crippen molar-refractivity contribution in [1.29, 1.82) is 0 Å². The Morgan fingerprint density at radius 2 is 1.90 bits per heavy atom. The highest BCUT2D eigenvalue weighted by Gasteiger charge is 2.39. The number of carboxylic acids is 1. The molecule has 0 spiro atoms. The molecule has 2 heterocycles. The van der Waals surface area contributed by atoms with E-state index < -0.39 is 5.97 Å². The number of thioether (sulfide) groups is 1. The SMILES string of the molecule is CCCc1ccc(-c2ccc(/C=C3/SC(=S)N(C4CCC(C(=O)O)CC4)C3=O)o2)cc1. The number of rotatable bonds is 6. The van der Waals surface area contributed by atoms with Crippen LogP contribution in [0.15, 0.2) is 45.7 Å². The number of carbonyl (C=O) groups excluding carboxylic acids is 1. The molecule has 2 fully saturated rings. The number of hydrogen-bond acceptors (Lipinski definition) is 5. The molecule has 0 radical (unpaired) electrons. The first-order chi connectivity index (χ1) is 15.0. The zero-order chi connectivity index (χ0) is 22.0. The lowest BCUT2D eigenvalue weighted by Crippen LogP contribution is -2.41. The Labute approximate surface area is 191 Å². The van der Waals surface area contributed by atoms with Gasteiger partial charge < -0.3 is 9.52 Å². The Balaban J connectivity index is 1.45. The lowest BCUT2D eigenvalue weighted by molar-refractivity contribution is -0.143. The molecule has 1 aliphatic carbocycles. The Kier molecular flexibility index (Phi) is 6.62. The molecule has 7 heteroatoms. The summed E-state index contributed by atoms with van der Waals surface area (Å²) in [5, 5.41) is 9.19. The van der Waals surface area contributed by atoms with Crippen LogP contribution in [-0.2, 0) is 16.0 Å². The van der Waals surface area contributed by atoms with Crippen LogP contribution in [0.2, 0.25) is 0 Å². The second-order valence-electron chi connectivity index (χ2n) is 8.04. The summed E-state index contributed by atoms with van der Waals surface area (Å²) >= 11 is 6.75. The Morgan fingerprint density at radius 3 is 2.55 bits per heavy atom. The van der Waals surface area contributed by atoms with Gasteiger partial charge in [0.15, 0.2) is 0 Å². The lowest BCUT2D eigenvalue weighted by Gasteiger charge is -2.32. The topological polar surface area (TPSA) is 70.8 Å². The van der Waals surface area contributed by atoms with Gasteiger partial charge in [-0.05, 0) is 49.8 Å². The van der Waals surface area contributed by atoms with E-state index in [2.05, 4.69) is 31.2 Å². The van der Waals surface area contributed by atoms with Gasteiger partial charge in [-0.15, -0.1) is 0 Å². The van der Waals surface area contributed by atoms with Crippen molar-refractivity contribution in [2.24, 2.45) is 5.92 Å². The predicted molar refractivity (Wildman–Crippen MR) is 127 cm³/mol. The first kappa shape index (κ1) is 21.8. The average molecular weight is 456 g/mol. The van der Waals surface area contributed by atoms with Gasteiger partial charge in [-0.1, -0.05) is 61.6 Å². The third-order valence-corrected chi connectivity index (χ3v) is 7.24. The number of carboxylic acid groups (broad SMARTS) is 1. The molecule has 2 aliphatic rings. The van der Waals surface area contributed by atoms with E-state index in [1.54, 1.807) is 11.0 Å². The summed E-state index contributed by atoms with van der Waals surface area (Å²) in [7, 11) is 0. The van der Waals surface area contributed by atoms with Crippen molar-refractivity contribution in [1.82, 2.24) is 4.90 Å². The first-order valence-electron chi connectivity index (χ1n) is 10.6. The Bertz CT molecular complexity index is 1020. The maximum absolute atomic E-state index is 13.0. The monoisotopic (exact) mass is 455 g/mol. The molecule has 5 nitrogen and oxygen atoms in total. The van der Waals surface area contributed by atoms with Gasteiger partial charge in [0.1, 0.15) is 15.8 Å². The summed E-state index contributed by atoms with van der Waals surface area (Å²) in [6.07, 6.45) is 6.40. The van der Waals surface area contributed by atoms with E-state index in [0.29, 0.717) is 40.7 Å². The van der Waals surface area contributed by atoms with Crippen LogP contribution in [0.3, 0.4) is 0 Å². The quantitative estimate of drug-likeness (QED) is 0.442. The van der Waals surface area contributed by atoms with E-state index in [1.165, 1.54) is 17.3 Å². The van der Waals surface area contributed by atoms with Crippen LogP contribution in [0.4, 0.5) is 0 Å². The van der Waals surface area contributed by atoms with E-state index in [1.807, 2.05) is 12.1 Å². The number of aliphatic carboxylic acids is 1. The molecule has 31 heavy (non-hydrogen) atoms. The third kappa shape index (κ3) is 4.77. The van der Waals surface area contributed by atoms with Gasteiger partial charge in [0, 0.05) is 17.7 Å². The maximum atomic E-state index is 13.0. The van der Waals surface area contributed by atoms with Gasteiger partial charge in [0.25, 0.3) is 5.91 Å². The lowest BCUT2D eigenvalue weighted by atomic mass is 9.85. The minimum Gasteiger partial charge on any atom is -0.481 e. The number of hydrogen-bond donors (Lipinski definition) is 1. The molecule has 1 N–H and O–H groups in total. The first-order valence-corrected chi connectivity index (χ1v) is 11.9. The number of furan rings is 1. The van der Waals surface area contributed by atoms with E-state index in [-0.39, 0.29) is 17.9 Å². The van der Waals surface area contributed by atoms with Crippen LogP contribution in [0, 0.1) is 5.92 Å². The minimum atomic E-state index is -0.752. The summed E-state index contributed by atoms with van der Waals surface area (Å²) < 4.78 is 6.50. The summed E-state index contributed by atoms with van der Waals surface area (Å²) in [6, 6.07) is 12.1. The second kappa shape index (κ2) is 9.40. The van der Waals surface area contributed by atoms with Gasteiger partial charge >= 0.3 is 5.97 Å². The van der Waals surface area contributed by atoms with E-state index in [9.17, 15) is 14.7 Å². The standard InChI is InChI=1S/C24H25NO4S2/c1-2-3-15-4-6-16(7-5-15)20-13-12-19(29-20)14-21-22(26)25(24(30)31-21)18-10-8-17(9-11-18)23(27)28/h4-7,12-14,17-18H,2-3,8-11H2,1H3,(H,27,28)/b21-14+. The van der Waals surface area contributed by atoms with Crippen LogP contribution >= 0.6 is 24.0 Å². The van der Waals surface area contributed by atoms with Crippen molar-refractivity contribution < 1.29 is 19.1 Å². The Morgan fingerprint density at radius 1 is 1.19 bits per heavy atom. The molecule has 1 aromatic heterocycles. The van der Waals surface area contributed by atoms with Crippen molar-refractivity contribution in [2.45, 2.75) is 51.5 Å². The van der Waals surface area contributed by atoms with Crippen molar-refractivity contribution in [3.05, 3.63) is 52.6 Å². The third-order valence-electron chi connectivity index (χ3n) is 5.91. The van der Waals surface area contributed by atoms with Gasteiger partial charge in [-0.3, -0.25) is 14.5 Å². The highest BCUT2D eigenvalue weighted by molar-refractivity contribution is 8.26. The molecule has 1 amide bonds. The fourth-order valence-corrected chi connectivity index (χ4v) is 5.60. The van der Waals surface area contributed by atoms with Gasteiger partial charge in [0.2, 0.25) is 0 Å². The van der Waals surface area contributed by atoms with E-state index in [0.717, 1.165) is 24.2 Å². The van der Waals surface area contributed by atoms with Gasteiger partial charge in [0.05, 0.1) is 10.8 Å². The van der Waals surface area contributed by atoms with Gasteiger partial charge in [-0.25, -0.2) is 0 Å². The molecule has 0 atom stereocenters. The molecule has 4 rings (SSSR count). The molecular formula is C24H25NO4S2. The minimum absolute atomic E-state index is 0.0252. The molecule has 1 saturated carbocycles. The van der Waals surface area contributed by atoms with Crippen molar-refractivity contribution in [2.75, 3.05) is 0 Å². The molecule has 0 unspecified atom stereocenters. The summed E-state index contributed by atoms with van der Waals surface area (Å²) in [6.45, 7) is 2.16. The highest BCUT2D eigenvalue weighted by atomic mass is 32.2.